The van der Waals surface area contributed by atoms with E-state index >= 15 is 0 Å². The van der Waals surface area contributed by atoms with Crippen molar-refractivity contribution in [3.63, 3.8) is 0 Å². The lowest BCUT2D eigenvalue weighted by Gasteiger charge is -2.37. The van der Waals surface area contributed by atoms with E-state index in [0.717, 1.165) is 30.4 Å². The third-order valence-corrected chi connectivity index (χ3v) is 5.81. The number of ether oxygens (including phenoxy) is 1. The summed E-state index contributed by atoms with van der Waals surface area (Å²) in [6.07, 6.45) is 1.91. The lowest BCUT2D eigenvalue weighted by molar-refractivity contribution is -0.144. The van der Waals surface area contributed by atoms with Gasteiger partial charge in [0.1, 0.15) is 17.7 Å². The molecule has 9 heteroatoms. The van der Waals surface area contributed by atoms with Gasteiger partial charge in [-0.15, -0.1) is 0 Å². The van der Waals surface area contributed by atoms with Gasteiger partial charge in [-0.05, 0) is 72.4 Å². The minimum atomic E-state index is -1.11. The number of primary amides is 1. The highest BCUT2D eigenvalue weighted by Crippen LogP contribution is 2.28. The van der Waals surface area contributed by atoms with E-state index in [0.29, 0.717) is 12.1 Å². The highest BCUT2D eigenvalue weighted by molar-refractivity contribution is 5.92. The van der Waals surface area contributed by atoms with Crippen molar-refractivity contribution in [1.82, 2.24) is 15.5 Å². The molecular weight excluding hydrogens is 472 g/mol. The molecule has 4 N–H and O–H groups in total. The van der Waals surface area contributed by atoms with Crippen LogP contribution in [0.1, 0.15) is 96.4 Å². The van der Waals surface area contributed by atoms with Crippen molar-refractivity contribution in [1.29, 1.82) is 0 Å². The molecule has 9 nitrogen and oxygen atoms in total. The van der Waals surface area contributed by atoms with Crippen molar-refractivity contribution in [2.24, 2.45) is 5.73 Å². The number of rotatable bonds is 13. The van der Waals surface area contributed by atoms with E-state index in [-0.39, 0.29) is 18.7 Å². The monoisotopic (exact) mass is 518 g/mol. The minimum absolute atomic E-state index is 0.0195. The van der Waals surface area contributed by atoms with Gasteiger partial charge in [0, 0.05) is 19.0 Å². The van der Waals surface area contributed by atoms with Gasteiger partial charge in [-0.3, -0.25) is 14.4 Å². The molecule has 2 unspecified atom stereocenters. The maximum atomic E-state index is 14.0. The van der Waals surface area contributed by atoms with Gasteiger partial charge in [0.05, 0.1) is 0 Å². The minimum Gasteiger partial charge on any atom is -0.444 e. The van der Waals surface area contributed by atoms with Crippen LogP contribution >= 0.6 is 0 Å². The summed E-state index contributed by atoms with van der Waals surface area (Å²) in [6, 6.07) is 3.32. The summed E-state index contributed by atoms with van der Waals surface area (Å²) in [5.41, 5.74) is 7.19. The Kier molecular flexibility index (Phi) is 12.6. The van der Waals surface area contributed by atoms with E-state index < -0.39 is 41.6 Å². The number of benzene rings is 1. The number of hydrogen-bond acceptors (Lipinski definition) is 5. The molecule has 208 valence electrons. The van der Waals surface area contributed by atoms with Gasteiger partial charge in [0.2, 0.25) is 17.7 Å². The second-order valence-electron chi connectivity index (χ2n) is 10.8. The van der Waals surface area contributed by atoms with Crippen LogP contribution in [-0.2, 0) is 19.1 Å². The van der Waals surface area contributed by atoms with Crippen molar-refractivity contribution in [3.8, 4) is 0 Å². The molecule has 37 heavy (non-hydrogen) atoms. The Bertz CT molecular complexity index is 939. The molecule has 0 aromatic heterocycles. The van der Waals surface area contributed by atoms with Crippen LogP contribution in [0.25, 0.3) is 0 Å². The van der Waals surface area contributed by atoms with Crippen LogP contribution in [0.15, 0.2) is 18.2 Å². The van der Waals surface area contributed by atoms with Gasteiger partial charge in [-0.1, -0.05) is 43.5 Å². The number of hydrogen-bond donors (Lipinski definition) is 3. The normalized spacial score (nSPS) is 13.0. The third kappa shape index (κ3) is 10.8. The quantitative estimate of drug-likeness (QED) is 0.339. The van der Waals surface area contributed by atoms with E-state index in [1.807, 2.05) is 45.9 Å². The number of aryl methyl sites for hydroxylation is 2. The first-order valence-electron chi connectivity index (χ1n) is 13.1. The van der Waals surface area contributed by atoms with Gasteiger partial charge in [-0.25, -0.2) is 4.79 Å². The fourth-order valence-electron chi connectivity index (χ4n) is 4.09. The Morgan fingerprint density at radius 1 is 1.08 bits per heavy atom. The standard InChI is InChI=1S/C28H46N4O5/c1-9-10-11-16-30-25(34)24(21-13-12-19(4)17-20(21)5)32(18(2)3)26(35)22(14-15-23(29)33)31-27(36)37-28(6,7)8/h12-13,17-18,22,24H,9-11,14-16H2,1-8H3,(H2,29,33)(H,30,34)(H,31,36). The molecule has 0 heterocycles. The average Bonchev–Trinajstić information content (AvgIpc) is 2.76. The summed E-state index contributed by atoms with van der Waals surface area (Å²) >= 11 is 0. The Morgan fingerprint density at radius 3 is 2.24 bits per heavy atom. The Hall–Kier alpha value is -3.10. The van der Waals surface area contributed by atoms with E-state index in [1.54, 1.807) is 20.8 Å². The van der Waals surface area contributed by atoms with Crippen LogP contribution in [0.4, 0.5) is 4.79 Å². The lowest BCUT2D eigenvalue weighted by atomic mass is 9.95. The molecule has 0 saturated carbocycles. The van der Waals surface area contributed by atoms with Gasteiger partial charge >= 0.3 is 6.09 Å². The molecule has 0 spiro atoms. The van der Waals surface area contributed by atoms with Crippen LogP contribution in [-0.4, -0.2) is 52.9 Å². The summed E-state index contributed by atoms with van der Waals surface area (Å²) in [5, 5.41) is 5.59. The second-order valence-corrected chi connectivity index (χ2v) is 10.8. The summed E-state index contributed by atoms with van der Waals surface area (Å²) in [5.74, 6) is -1.38. The first kappa shape index (κ1) is 31.9. The van der Waals surface area contributed by atoms with E-state index in [4.69, 9.17) is 10.5 Å². The summed E-state index contributed by atoms with van der Waals surface area (Å²) in [7, 11) is 0. The van der Waals surface area contributed by atoms with Crippen molar-refractivity contribution in [2.75, 3.05) is 6.54 Å². The Labute approximate surface area is 221 Å². The number of nitrogens with one attached hydrogen (secondary N) is 2. The zero-order chi connectivity index (χ0) is 28.3. The molecule has 4 amide bonds. The first-order chi connectivity index (χ1) is 17.2. The zero-order valence-electron chi connectivity index (χ0n) is 23.8. The van der Waals surface area contributed by atoms with Crippen molar-refractivity contribution < 1.29 is 23.9 Å². The first-order valence-corrected chi connectivity index (χ1v) is 13.1. The molecule has 1 aromatic carbocycles. The van der Waals surface area contributed by atoms with Crippen LogP contribution in [0.5, 0.6) is 0 Å². The molecule has 0 fully saturated rings. The van der Waals surface area contributed by atoms with Crippen LogP contribution in [0.3, 0.4) is 0 Å². The maximum absolute atomic E-state index is 14.0. The predicted octanol–water partition coefficient (Wildman–Crippen LogP) is 4.05. The number of nitrogens with two attached hydrogens (primary N) is 1. The smallest absolute Gasteiger partial charge is 0.408 e. The lowest BCUT2D eigenvalue weighted by Crippen LogP contribution is -2.55. The van der Waals surface area contributed by atoms with Crippen LogP contribution in [0.2, 0.25) is 0 Å². The highest BCUT2D eigenvalue weighted by atomic mass is 16.6. The zero-order valence-corrected chi connectivity index (χ0v) is 23.8. The SMILES string of the molecule is CCCCCNC(=O)C(c1ccc(C)cc1C)N(C(=O)C(CCC(N)=O)NC(=O)OC(C)(C)C)C(C)C. The molecule has 0 radical (unpaired) electrons. The Balaban J connectivity index is 3.47. The van der Waals surface area contributed by atoms with E-state index in [1.165, 1.54) is 4.90 Å². The Morgan fingerprint density at radius 2 is 1.73 bits per heavy atom. The van der Waals surface area contributed by atoms with Gasteiger partial charge in [0.25, 0.3) is 0 Å². The molecule has 0 bridgehead atoms. The average molecular weight is 519 g/mol. The van der Waals surface area contributed by atoms with Crippen LogP contribution < -0.4 is 16.4 Å². The highest BCUT2D eigenvalue weighted by Gasteiger charge is 2.38. The van der Waals surface area contributed by atoms with Crippen molar-refractivity contribution >= 4 is 23.8 Å². The molecular formula is C28H46N4O5. The molecule has 2 atom stereocenters. The molecule has 0 aliphatic carbocycles. The van der Waals surface area contributed by atoms with E-state index in [9.17, 15) is 19.2 Å². The number of nitrogens with zero attached hydrogens (tertiary/aromatic N) is 1. The fourth-order valence-corrected chi connectivity index (χ4v) is 4.09. The molecule has 0 aliphatic heterocycles. The number of carbonyl (C=O) groups is 4. The summed E-state index contributed by atoms with van der Waals surface area (Å²) in [4.78, 5) is 53.2. The number of amides is 4. The molecule has 0 aliphatic rings. The topological polar surface area (TPSA) is 131 Å². The molecule has 0 saturated heterocycles. The fraction of sp³-hybridized carbons (Fsp3) is 0.643. The van der Waals surface area contributed by atoms with Crippen LogP contribution in [0, 0.1) is 13.8 Å². The predicted molar refractivity (Wildman–Crippen MR) is 145 cm³/mol. The number of alkyl carbamates (subject to hydrolysis) is 1. The second kappa shape index (κ2) is 14.6. The third-order valence-electron chi connectivity index (χ3n) is 5.81. The van der Waals surface area contributed by atoms with Crippen molar-refractivity contribution in [2.45, 2.75) is 111 Å². The number of unbranched alkanes of at least 4 members (excludes halogenated alkanes) is 2. The van der Waals surface area contributed by atoms with Crippen molar-refractivity contribution in [3.05, 3.63) is 34.9 Å². The van der Waals surface area contributed by atoms with Gasteiger partial charge in [-0.2, -0.15) is 0 Å². The summed E-state index contributed by atoms with van der Waals surface area (Å²) < 4.78 is 5.35. The van der Waals surface area contributed by atoms with E-state index in [2.05, 4.69) is 17.6 Å². The maximum Gasteiger partial charge on any atom is 0.408 e. The largest absolute Gasteiger partial charge is 0.444 e. The molecule has 1 rings (SSSR count). The number of carbonyl (C=O) groups excluding carboxylic acids is 4. The van der Waals surface area contributed by atoms with Gasteiger partial charge in [0.15, 0.2) is 0 Å². The summed E-state index contributed by atoms with van der Waals surface area (Å²) in [6.45, 7) is 15.2. The molecule has 1 aromatic rings. The van der Waals surface area contributed by atoms with Gasteiger partial charge < -0.3 is 26.0 Å².